The summed E-state index contributed by atoms with van der Waals surface area (Å²) in [5.74, 6) is 6.72. The molecular weight excluding hydrogens is 214 g/mol. The Kier molecular flexibility index (Phi) is 6.29. The van der Waals surface area contributed by atoms with Crippen molar-refractivity contribution in [2.45, 2.75) is 39.7 Å². The summed E-state index contributed by atoms with van der Waals surface area (Å²) < 4.78 is 0. The van der Waals surface area contributed by atoms with Crippen molar-refractivity contribution in [1.29, 1.82) is 0 Å². The molecule has 0 aromatic rings. The van der Waals surface area contributed by atoms with E-state index < -0.39 is 0 Å². The van der Waals surface area contributed by atoms with Crippen molar-refractivity contribution in [1.82, 2.24) is 15.6 Å². The van der Waals surface area contributed by atoms with E-state index in [0.717, 1.165) is 19.6 Å². The van der Waals surface area contributed by atoms with Crippen LogP contribution in [0.25, 0.3) is 0 Å². The van der Waals surface area contributed by atoms with Crippen LogP contribution in [0.15, 0.2) is 4.99 Å². The second-order valence-electron chi connectivity index (χ2n) is 5.03. The van der Waals surface area contributed by atoms with Gasteiger partial charge in [-0.15, -0.1) is 0 Å². The molecule has 1 unspecified atom stereocenters. The van der Waals surface area contributed by atoms with Gasteiger partial charge in [0.1, 0.15) is 0 Å². The van der Waals surface area contributed by atoms with Gasteiger partial charge < -0.3 is 5.32 Å². The number of nitrogens with one attached hydrogen (secondary N) is 2. The van der Waals surface area contributed by atoms with Crippen molar-refractivity contribution in [3.8, 4) is 0 Å². The van der Waals surface area contributed by atoms with Crippen LogP contribution in [0.5, 0.6) is 0 Å². The number of rotatable bonds is 5. The number of nitrogens with two attached hydrogens (primary N) is 1. The lowest BCUT2D eigenvalue weighted by molar-refractivity contribution is 0.267. The van der Waals surface area contributed by atoms with Crippen molar-refractivity contribution < 1.29 is 0 Å². The van der Waals surface area contributed by atoms with Crippen LogP contribution in [0, 0.1) is 5.92 Å². The highest BCUT2D eigenvalue weighted by atomic mass is 15.3. The maximum atomic E-state index is 5.45. The molecule has 5 heteroatoms. The molecule has 0 bridgehead atoms. The van der Waals surface area contributed by atoms with Gasteiger partial charge in [0.25, 0.3) is 0 Å². The molecule has 100 valence electrons. The number of hydrogen-bond donors (Lipinski definition) is 3. The van der Waals surface area contributed by atoms with Crippen molar-refractivity contribution >= 4 is 5.96 Å². The zero-order chi connectivity index (χ0) is 12.7. The van der Waals surface area contributed by atoms with Crippen LogP contribution in [0.1, 0.15) is 33.6 Å². The van der Waals surface area contributed by atoms with Crippen LogP contribution in [0.3, 0.4) is 0 Å². The van der Waals surface area contributed by atoms with Crippen LogP contribution in [-0.4, -0.2) is 43.1 Å². The van der Waals surface area contributed by atoms with Gasteiger partial charge in [-0.25, -0.2) is 5.84 Å². The summed E-state index contributed by atoms with van der Waals surface area (Å²) in [6, 6.07) is 0.623. The fourth-order valence-electron chi connectivity index (χ4n) is 2.18. The van der Waals surface area contributed by atoms with E-state index in [1.807, 2.05) is 0 Å². The van der Waals surface area contributed by atoms with Crippen molar-refractivity contribution in [2.24, 2.45) is 16.8 Å². The number of hydrazine groups is 1. The lowest BCUT2D eigenvalue weighted by Crippen LogP contribution is -2.47. The van der Waals surface area contributed by atoms with E-state index in [9.17, 15) is 0 Å². The molecule has 1 atom stereocenters. The topological polar surface area (TPSA) is 65.7 Å². The molecule has 0 saturated carbocycles. The molecule has 1 fully saturated rings. The van der Waals surface area contributed by atoms with E-state index in [0.29, 0.717) is 17.9 Å². The van der Waals surface area contributed by atoms with E-state index in [2.05, 4.69) is 41.4 Å². The minimum absolute atomic E-state index is 0.554. The predicted molar refractivity (Wildman–Crippen MR) is 72.7 cm³/mol. The van der Waals surface area contributed by atoms with Crippen LogP contribution >= 0.6 is 0 Å². The van der Waals surface area contributed by atoms with Crippen molar-refractivity contribution in [3.05, 3.63) is 0 Å². The molecular formula is C12H27N5. The lowest BCUT2D eigenvalue weighted by atomic mass is 10.2. The third-order valence-corrected chi connectivity index (χ3v) is 3.16. The molecule has 0 radical (unpaired) electrons. The van der Waals surface area contributed by atoms with Crippen LogP contribution in [0.2, 0.25) is 0 Å². The molecule has 1 aliphatic heterocycles. The molecule has 0 aromatic heterocycles. The number of likely N-dealkylation sites (N-methyl/N-ethyl adjacent to an activating group) is 1. The van der Waals surface area contributed by atoms with E-state index in [1.54, 1.807) is 0 Å². The third-order valence-electron chi connectivity index (χ3n) is 3.16. The second-order valence-corrected chi connectivity index (χ2v) is 5.03. The summed E-state index contributed by atoms with van der Waals surface area (Å²) in [5, 5.41) is 3.30. The Morgan fingerprint density at radius 3 is 2.88 bits per heavy atom. The number of nitrogens with zero attached hydrogens (tertiary/aromatic N) is 2. The summed E-state index contributed by atoms with van der Waals surface area (Å²) in [6.45, 7) is 10.6. The normalized spacial score (nSPS) is 22.2. The number of aliphatic imine (C=N–C) groups is 1. The maximum Gasteiger partial charge on any atom is 0.205 e. The van der Waals surface area contributed by atoms with Gasteiger partial charge in [-0.05, 0) is 31.8 Å². The van der Waals surface area contributed by atoms with E-state index >= 15 is 0 Å². The Hall–Kier alpha value is -0.810. The molecule has 1 aliphatic rings. The zero-order valence-electron chi connectivity index (χ0n) is 11.4. The van der Waals surface area contributed by atoms with Gasteiger partial charge in [0.05, 0.1) is 0 Å². The average Bonchev–Trinajstić information content (AvgIpc) is 2.76. The average molecular weight is 241 g/mol. The lowest BCUT2D eigenvalue weighted by Gasteiger charge is -2.23. The molecule has 17 heavy (non-hydrogen) atoms. The maximum absolute atomic E-state index is 5.45. The molecule has 0 amide bonds. The Labute approximate surface area is 105 Å². The highest BCUT2D eigenvalue weighted by molar-refractivity contribution is 5.79. The summed E-state index contributed by atoms with van der Waals surface area (Å²) in [4.78, 5) is 6.91. The Morgan fingerprint density at radius 1 is 1.53 bits per heavy atom. The number of hydrogen-bond acceptors (Lipinski definition) is 3. The fourth-order valence-corrected chi connectivity index (χ4v) is 2.18. The zero-order valence-corrected chi connectivity index (χ0v) is 11.4. The third kappa shape index (κ3) is 4.91. The summed E-state index contributed by atoms with van der Waals surface area (Å²) in [6.07, 6.45) is 2.57. The van der Waals surface area contributed by atoms with Crippen molar-refractivity contribution in [3.63, 3.8) is 0 Å². The largest absolute Gasteiger partial charge is 0.354 e. The second kappa shape index (κ2) is 7.50. The number of likely N-dealkylation sites (tertiary alicyclic amines) is 1. The highest BCUT2D eigenvalue weighted by Crippen LogP contribution is 2.15. The summed E-state index contributed by atoms with van der Waals surface area (Å²) >= 11 is 0. The molecule has 1 rings (SSSR count). The Morgan fingerprint density at radius 2 is 2.29 bits per heavy atom. The first-order valence-electron chi connectivity index (χ1n) is 6.66. The van der Waals surface area contributed by atoms with Crippen LogP contribution in [-0.2, 0) is 0 Å². The molecule has 1 heterocycles. The smallest absolute Gasteiger partial charge is 0.205 e. The minimum atomic E-state index is 0.554. The Balaban J connectivity index is 2.34. The SMILES string of the molecule is CCN1CCCC1CNC(=NCC(C)C)NN. The van der Waals surface area contributed by atoms with Crippen LogP contribution in [0.4, 0.5) is 0 Å². The Bertz CT molecular complexity index is 239. The summed E-state index contributed by atoms with van der Waals surface area (Å²) in [7, 11) is 0. The molecule has 0 aromatic carbocycles. The standard InChI is InChI=1S/C12H27N5/c1-4-17-7-5-6-11(17)9-15-12(16-13)14-8-10(2)3/h10-11H,4-9,13H2,1-3H3,(H2,14,15,16). The predicted octanol–water partition coefficient (Wildman–Crippen LogP) is 0.536. The fraction of sp³-hybridized carbons (Fsp3) is 0.917. The van der Waals surface area contributed by atoms with Gasteiger partial charge in [-0.1, -0.05) is 20.8 Å². The molecule has 1 saturated heterocycles. The van der Waals surface area contributed by atoms with Gasteiger partial charge in [-0.3, -0.25) is 15.3 Å². The first-order chi connectivity index (χ1) is 8.17. The molecule has 5 nitrogen and oxygen atoms in total. The van der Waals surface area contributed by atoms with E-state index in [-0.39, 0.29) is 0 Å². The summed E-state index contributed by atoms with van der Waals surface area (Å²) in [5.41, 5.74) is 2.63. The molecule has 0 spiro atoms. The van der Waals surface area contributed by atoms with E-state index in [1.165, 1.54) is 19.4 Å². The number of guanidine groups is 1. The van der Waals surface area contributed by atoms with Gasteiger partial charge in [0, 0.05) is 19.1 Å². The minimum Gasteiger partial charge on any atom is -0.354 e. The van der Waals surface area contributed by atoms with Gasteiger partial charge >= 0.3 is 0 Å². The monoisotopic (exact) mass is 241 g/mol. The van der Waals surface area contributed by atoms with Gasteiger partial charge in [0.15, 0.2) is 0 Å². The van der Waals surface area contributed by atoms with Crippen molar-refractivity contribution in [2.75, 3.05) is 26.2 Å². The van der Waals surface area contributed by atoms with Crippen LogP contribution < -0.4 is 16.6 Å². The molecule has 4 N–H and O–H groups in total. The molecule has 0 aliphatic carbocycles. The van der Waals surface area contributed by atoms with Gasteiger partial charge in [0.2, 0.25) is 5.96 Å². The van der Waals surface area contributed by atoms with E-state index in [4.69, 9.17) is 5.84 Å². The first-order valence-corrected chi connectivity index (χ1v) is 6.66. The first kappa shape index (κ1) is 14.3. The highest BCUT2D eigenvalue weighted by Gasteiger charge is 2.22. The quantitative estimate of drug-likeness (QED) is 0.284. The van der Waals surface area contributed by atoms with Gasteiger partial charge in [-0.2, -0.15) is 0 Å².